The van der Waals surface area contributed by atoms with Crippen molar-refractivity contribution in [3.63, 3.8) is 0 Å². The van der Waals surface area contributed by atoms with Gasteiger partial charge in [0.15, 0.2) is 16.6 Å². The van der Waals surface area contributed by atoms with Crippen molar-refractivity contribution in [2.45, 2.75) is 11.7 Å². The van der Waals surface area contributed by atoms with Gasteiger partial charge in [-0.3, -0.25) is 4.90 Å². The molecule has 5 rings (SSSR count). The van der Waals surface area contributed by atoms with Crippen molar-refractivity contribution in [3.05, 3.63) is 60.5 Å². The van der Waals surface area contributed by atoms with E-state index >= 15 is 0 Å². The molecule has 148 valence electrons. The number of piperazine rings is 1. The monoisotopic (exact) mass is 406 g/mol. The minimum Gasteiger partial charge on any atom is -0.461 e. The zero-order chi connectivity index (χ0) is 19.6. The molecule has 1 aliphatic heterocycles. The molecular weight excluding hydrogens is 384 g/mol. The highest BCUT2D eigenvalue weighted by Gasteiger charge is 2.20. The predicted molar refractivity (Wildman–Crippen MR) is 114 cm³/mol. The maximum atomic E-state index is 5.48. The second-order valence-electron chi connectivity index (χ2n) is 7.02. The summed E-state index contributed by atoms with van der Waals surface area (Å²) in [4.78, 5) is 14.3. The van der Waals surface area contributed by atoms with Gasteiger partial charge in [0.05, 0.1) is 6.26 Å². The van der Waals surface area contributed by atoms with Gasteiger partial charge >= 0.3 is 0 Å². The Morgan fingerprint density at radius 1 is 1.03 bits per heavy atom. The molecule has 0 atom stereocenters. The van der Waals surface area contributed by atoms with Gasteiger partial charge in [-0.2, -0.15) is 4.52 Å². The predicted octanol–water partition coefficient (Wildman–Crippen LogP) is 3.43. The molecule has 0 spiro atoms. The number of fused-ring (bicyclic) bond motifs is 1. The Morgan fingerprint density at radius 2 is 1.86 bits per heavy atom. The Balaban J connectivity index is 1.37. The van der Waals surface area contributed by atoms with E-state index in [2.05, 4.69) is 50.2 Å². The van der Waals surface area contributed by atoms with Gasteiger partial charge in [0.25, 0.3) is 0 Å². The maximum absolute atomic E-state index is 5.48. The van der Waals surface area contributed by atoms with Crippen LogP contribution in [0.3, 0.4) is 0 Å². The van der Waals surface area contributed by atoms with Crippen LogP contribution in [0.1, 0.15) is 5.56 Å². The lowest BCUT2D eigenvalue weighted by Crippen LogP contribution is -2.46. The Hall–Kier alpha value is -2.84. The van der Waals surface area contributed by atoms with Crippen LogP contribution in [0.25, 0.3) is 17.2 Å². The molecule has 0 saturated carbocycles. The van der Waals surface area contributed by atoms with E-state index in [1.165, 1.54) is 5.69 Å². The smallest absolute Gasteiger partial charge is 0.218 e. The number of furan rings is 1. The van der Waals surface area contributed by atoms with Crippen molar-refractivity contribution in [1.82, 2.24) is 24.5 Å². The van der Waals surface area contributed by atoms with Gasteiger partial charge in [0.2, 0.25) is 5.82 Å². The Labute approximate surface area is 173 Å². The minimum atomic E-state index is 0.591. The first-order valence-corrected chi connectivity index (χ1v) is 10.9. The Morgan fingerprint density at radius 3 is 2.59 bits per heavy atom. The fraction of sp³-hybridized carbons (Fsp3) is 0.286. The van der Waals surface area contributed by atoms with Crippen LogP contribution in [-0.4, -0.2) is 56.9 Å². The summed E-state index contributed by atoms with van der Waals surface area (Å²) in [5.41, 5.74) is 3.23. The average Bonchev–Trinajstić information content (AvgIpc) is 3.45. The highest BCUT2D eigenvalue weighted by Crippen LogP contribution is 2.23. The van der Waals surface area contributed by atoms with E-state index in [-0.39, 0.29) is 0 Å². The molecule has 1 aliphatic rings. The third kappa shape index (κ3) is 3.61. The molecule has 1 fully saturated rings. The van der Waals surface area contributed by atoms with E-state index in [9.17, 15) is 0 Å². The van der Waals surface area contributed by atoms with E-state index in [0.717, 1.165) is 49.1 Å². The van der Waals surface area contributed by atoms with Gasteiger partial charge < -0.3 is 9.32 Å². The molecule has 0 aliphatic carbocycles. The molecule has 7 nitrogen and oxygen atoms in total. The Bertz CT molecular complexity index is 1090. The summed E-state index contributed by atoms with van der Waals surface area (Å²) in [7, 11) is 0. The van der Waals surface area contributed by atoms with E-state index < -0.39 is 0 Å². The van der Waals surface area contributed by atoms with Crippen molar-refractivity contribution >= 4 is 23.1 Å². The van der Waals surface area contributed by atoms with Crippen LogP contribution in [0.5, 0.6) is 0 Å². The van der Waals surface area contributed by atoms with Crippen molar-refractivity contribution in [1.29, 1.82) is 0 Å². The van der Waals surface area contributed by atoms with Crippen molar-refractivity contribution in [3.8, 4) is 11.6 Å². The molecule has 0 amide bonds. The van der Waals surface area contributed by atoms with Crippen LogP contribution < -0.4 is 4.90 Å². The number of hydrogen-bond donors (Lipinski definition) is 0. The summed E-state index contributed by atoms with van der Waals surface area (Å²) < 4.78 is 7.32. The second kappa shape index (κ2) is 7.88. The number of benzene rings is 1. The fourth-order valence-electron chi connectivity index (χ4n) is 3.70. The normalized spacial score (nSPS) is 15.3. The van der Waals surface area contributed by atoms with E-state index in [1.807, 2.05) is 29.1 Å². The van der Waals surface area contributed by atoms with Gasteiger partial charge in [-0.05, 0) is 30.5 Å². The molecule has 4 heterocycles. The average molecular weight is 407 g/mol. The van der Waals surface area contributed by atoms with Crippen molar-refractivity contribution < 1.29 is 4.42 Å². The Kier molecular flexibility index (Phi) is 4.95. The van der Waals surface area contributed by atoms with Gasteiger partial charge in [-0.25, -0.2) is 9.97 Å². The summed E-state index contributed by atoms with van der Waals surface area (Å²) in [5.74, 6) is 1.26. The summed E-state index contributed by atoms with van der Waals surface area (Å²) in [6, 6.07) is 14.3. The molecule has 1 saturated heterocycles. The molecular formula is C21H22N6OS. The van der Waals surface area contributed by atoms with Crippen molar-refractivity contribution in [2.75, 3.05) is 37.3 Å². The summed E-state index contributed by atoms with van der Waals surface area (Å²) in [6.45, 7) is 4.85. The van der Waals surface area contributed by atoms with Gasteiger partial charge in [0.1, 0.15) is 0 Å². The lowest BCUT2D eigenvalue weighted by Gasteiger charge is -2.36. The van der Waals surface area contributed by atoms with Gasteiger partial charge in [-0.1, -0.05) is 30.0 Å². The van der Waals surface area contributed by atoms with E-state index in [0.29, 0.717) is 11.6 Å². The number of nitrogens with zero attached hydrogens (tertiary/aromatic N) is 6. The summed E-state index contributed by atoms with van der Waals surface area (Å²) in [6.07, 6.45) is 5.58. The third-order valence-electron chi connectivity index (χ3n) is 5.22. The second-order valence-corrected chi connectivity index (χ2v) is 7.79. The lowest BCUT2D eigenvalue weighted by molar-refractivity contribution is 0.250. The number of hydrogen-bond acceptors (Lipinski definition) is 7. The number of anilines is 1. The number of rotatable bonds is 5. The van der Waals surface area contributed by atoms with Crippen LogP contribution in [0, 0.1) is 0 Å². The number of aromatic nitrogens is 4. The standard InChI is InChI=1S/C21H22N6OS/c1-29-21-22-14-16(20-23-19(24-27(20)21)18-8-5-13-28-18)15-25-9-11-26(12-10-25)17-6-3-2-4-7-17/h2-8,13-14H,9-12,15H2,1H3. The summed E-state index contributed by atoms with van der Waals surface area (Å²) in [5, 5.41) is 5.46. The molecule has 29 heavy (non-hydrogen) atoms. The fourth-order valence-corrected chi connectivity index (χ4v) is 4.16. The van der Waals surface area contributed by atoms with Crippen LogP contribution in [0.2, 0.25) is 0 Å². The van der Waals surface area contributed by atoms with Crippen molar-refractivity contribution in [2.24, 2.45) is 0 Å². The maximum Gasteiger partial charge on any atom is 0.218 e. The molecule has 3 aromatic heterocycles. The molecule has 0 unspecified atom stereocenters. The highest BCUT2D eigenvalue weighted by atomic mass is 32.2. The van der Waals surface area contributed by atoms with Gasteiger partial charge in [-0.15, -0.1) is 5.10 Å². The topological polar surface area (TPSA) is 62.7 Å². The molecule has 1 aromatic carbocycles. The SMILES string of the molecule is CSc1ncc(CN2CCN(c3ccccc3)CC2)c2nc(-c3ccco3)nn12. The first kappa shape index (κ1) is 18.2. The zero-order valence-corrected chi connectivity index (χ0v) is 17.0. The molecule has 0 radical (unpaired) electrons. The van der Waals surface area contributed by atoms with Gasteiger partial charge in [0, 0.05) is 50.2 Å². The van der Waals surface area contributed by atoms with Crippen LogP contribution in [0.15, 0.2) is 64.5 Å². The third-order valence-corrected chi connectivity index (χ3v) is 5.86. The number of thioether (sulfide) groups is 1. The first-order chi connectivity index (χ1) is 14.3. The number of para-hydroxylation sites is 1. The zero-order valence-electron chi connectivity index (χ0n) is 16.2. The van der Waals surface area contributed by atoms with Crippen LogP contribution in [-0.2, 0) is 6.54 Å². The van der Waals surface area contributed by atoms with E-state index in [4.69, 9.17) is 9.40 Å². The molecule has 4 aromatic rings. The van der Waals surface area contributed by atoms with E-state index in [1.54, 1.807) is 18.0 Å². The quantitative estimate of drug-likeness (QED) is 0.372. The molecule has 0 N–H and O–H groups in total. The largest absolute Gasteiger partial charge is 0.461 e. The first-order valence-electron chi connectivity index (χ1n) is 9.67. The van der Waals surface area contributed by atoms with Crippen LogP contribution in [0.4, 0.5) is 5.69 Å². The highest BCUT2D eigenvalue weighted by molar-refractivity contribution is 7.98. The minimum absolute atomic E-state index is 0.591. The van der Waals surface area contributed by atoms with Crippen LogP contribution >= 0.6 is 11.8 Å². The lowest BCUT2D eigenvalue weighted by atomic mass is 10.2. The molecule has 0 bridgehead atoms. The molecule has 8 heteroatoms. The summed E-state index contributed by atoms with van der Waals surface area (Å²) >= 11 is 1.56.